The van der Waals surface area contributed by atoms with Gasteiger partial charge in [0.05, 0.1) is 11.0 Å². The predicted molar refractivity (Wildman–Crippen MR) is 95.0 cm³/mol. The molecule has 25 heavy (non-hydrogen) atoms. The molecule has 1 saturated heterocycles. The van der Waals surface area contributed by atoms with Gasteiger partial charge >= 0.3 is 0 Å². The number of carbonyl (C=O) groups is 1. The lowest BCUT2D eigenvalue weighted by Gasteiger charge is -2.11. The number of benzene rings is 1. The van der Waals surface area contributed by atoms with Crippen LogP contribution in [0.3, 0.4) is 0 Å². The number of carbonyl (C=O) groups excluding carboxylic acids is 1. The summed E-state index contributed by atoms with van der Waals surface area (Å²) < 4.78 is 38.1. The van der Waals surface area contributed by atoms with Crippen LogP contribution in [0.25, 0.3) is 0 Å². The van der Waals surface area contributed by atoms with Crippen molar-refractivity contribution in [1.29, 1.82) is 0 Å². The number of halogens is 1. The third kappa shape index (κ3) is 4.69. The van der Waals surface area contributed by atoms with Crippen LogP contribution >= 0.6 is 15.9 Å². The van der Waals surface area contributed by atoms with Gasteiger partial charge in [0.15, 0.2) is 10.4 Å². The van der Waals surface area contributed by atoms with Gasteiger partial charge in [-0.1, -0.05) is 0 Å². The van der Waals surface area contributed by atoms with Gasteiger partial charge in [-0.05, 0) is 65.2 Å². The van der Waals surface area contributed by atoms with E-state index < -0.39 is 15.9 Å². The first-order valence-electron chi connectivity index (χ1n) is 7.72. The van der Waals surface area contributed by atoms with Gasteiger partial charge in [-0.25, -0.2) is 13.1 Å². The molecule has 1 aliphatic heterocycles. The zero-order valence-electron chi connectivity index (χ0n) is 13.2. The molecule has 1 aromatic heterocycles. The van der Waals surface area contributed by atoms with E-state index in [1.54, 1.807) is 6.07 Å². The van der Waals surface area contributed by atoms with Crippen LogP contribution in [0.4, 0.5) is 5.69 Å². The molecule has 0 aliphatic carbocycles. The van der Waals surface area contributed by atoms with Gasteiger partial charge in [-0.2, -0.15) is 0 Å². The quantitative estimate of drug-likeness (QED) is 0.736. The van der Waals surface area contributed by atoms with Gasteiger partial charge < -0.3 is 14.5 Å². The van der Waals surface area contributed by atoms with E-state index in [1.807, 2.05) is 0 Å². The summed E-state index contributed by atoms with van der Waals surface area (Å²) in [6.45, 7) is 0.932. The van der Waals surface area contributed by atoms with Crippen molar-refractivity contribution < 1.29 is 22.4 Å². The minimum atomic E-state index is -3.61. The standard InChI is InChI=1S/C16H17BrN2O5S/c17-15-8-7-14(24-15)16(20)19-11-3-5-13(6-4-11)25(21,22)18-10-12-2-1-9-23-12/h3-8,12,18H,1-2,9-10H2,(H,19,20). The van der Waals surface area contributed by atoms with E-state index in [4.69, 9.17) is 9.15 Å². The van der Waals surface area contributed by atoms with Gasteiger partial charge in [0, 0.05) is 18.8 Å². The Balaban J connectivity index is 1.61. The summed E-state index contributed by atoms with van der Waals surface area (Å²) >= 11 is 3.13. The van der Waals surface area contributed by atoms with E-state index in [2.05, 4.69) is 26.0 Å². The van der Waals surface area contributed by atoms with Crippen molar-refractivity contribution in [2.75, 3.05) is 18.5 Å². The maximum Gasteiger partial charge on any atom is 0.291 e. The number of furan rings is 1. The van der Waals surface area contributed by atoms with E-state index in [1.165, 1.54) is 30.3 Å². The second-order valence-corrected chi connectivity index (χ2v) is 8.12. The molecule has 1 aliphatic rings. The van der Waals surface area contributed by atoms with Crippen molar-refractivity contribution in [1.82, 2.24) is 4.72 Å². The van der Waals surface area contributed by atoms with Crippen molar-refractivity contribution in [3.63, 3.8) is 0 Å². The topological polar surface area (TPSA) is 97.6 Å². The minimum Gasteiger partial charge on any atom is -0.444 e. The Morgan fingerprint density at radius 3 is 2.56 bits per heavy atom. The number of sulfonamides is 1. The van der Waals surface area contributed by atoms with Crippen molar-refractivity contribution in [3.8, 4) is 0 Å². The highest BCUT2D eigenvalue weighted by Gasteiger charge is 2.20. The summed E-state index contributed by atoms with van der Waals surface area (Å²) in [5.74, 6) is -0.264. The maximum absolute atomic E-state index is 12.3. The number of hydrogen-bond acceptors (Lipinski definition) is 5. The summed E-state index contributed by atoms with van der Waals surface area (Å²) in [5, 5.41) is 2.64. The zero-order valence-corrected chi connectivity index (χ0v) is 15.6. The van der Waals surface area contributed by atoms with Crippen LogP contribution in [-0.4, -0.2) is 33.6 Å². The van der Waals surface area contributed by atoms with Crippen LogP contribution in [0.5, 0.6) is 0 Å². The first kappa shape index (κ1) is 18.1. The third-order valence-electron chi connectivity index (χ3n) is 3.74. The molecule has 1 fully saturated rings. The van der Waals surface area contributed by atoms with E-state index in [0.29, 0.717) is 17.0 Å². The highest BCUT2D eigenvalue weighted by atomic mass is 79.9. The lowest BCUT2D eigenvalue weighted by Crippen LogP contribution is -2.31. The molecule has 2 N–H and O–H groups in total. The highest BCUT2D eigenvalue weighted by Crippen LogP contribution is 2.18. The normalized spacial score (nSPS) is 17.6. The molecule has 0 radical (unpaired) electrons. The largest absolute Gasteiger partial charge is 0.444 e. The summed E-state index contributed by atoms with van der Waals surface area (Å²) in [4.78, 5) is 12.1. The first-order chi connectivity index (χ1) is 11.9. The highest BCUT2D eigenvalue weighted by molar-refractivity contribution is 9.10. The second-order valence-electron chi connectivity index (χ2n) is 5.57. The van der Waals surface area contributed by atoms with Crippen LogP contribution in [0.1, 0.15) is 23.4 Å². The molecule has 3 rings (SSSR count). The second kappa shape index (κ2) is 7.69. The summed E-state index contributed by atoms with van der Waals surface area (Å²) in [6.07, 6.45) is 1.74. The molecule has 2 aromatic rings. The molecular weight excluding hydrogens is 412 g/mol. The van der Waals surface area contributed by atoms with E-state index in [0.717, 1.165) is 12.8 Å². The molecule has 9 heteroatoms. The van der Waals surface area contributed by atoms with Gasteiger partial charge in [-0.15, -0.1) is 0 Å². The Morgan fingerprint density at radius 1 is 1.20 bits per heavy atom. The monoisotopic (exact) mass is 428 g/mol. The number of rotatable bonds is 6. The van der Waals surface area contributed by atoms with E-state index in [-0.39, 0.29) is 23.3 Å². The Bertz CT molecular complexity index is 842. The average molecular weight is 429 g/mol. The molecule has 0 bridgehead atoms. The Hall–Kier alpha value is -1.68. The van der Waals surface area contributed by atoms with Gasteiger partial charge in [0.1, 0.15) is 0 Å². The van der Waals surface area contributed by atoms with Crippen LogP contribution in [0, 0.1) is 0 Å². The summed E-state index contributed by atoms with van der Waals surface area (Å²) in [7, 11) is -3.61. The van der Waals surface area contributed by atoms with E-state index in [9.17, 15) is 13.2 Å². The van der Waals surface area contributed by atoms with Gasteiger partial charge in [0.25, 0.3) is 5.91 Å². The zero-order chi connectivity index (χ0) is 17.9. The molecular formula is C16H17BrN2O5S. The summed E-state index contributed by atoms with van der Waals surface area (Å²) in [5.41, 5.74) is 0.468. The Labute approximate surface area is 153 Å². The molecule has 1 aromatic carbocycles. The lowest BCUT2D eigenvalue weighted by molar-refractivity contribution is 0.0995. The number of nitrogens with one attached hydrogen (secondary N) is 2. The number of ether oxygens (including phenoxy) is 1. The molecule has 2 heterocycles. The smallest absolute Gasteiger partial charge is 0.291 e. The fraction of sp³-hybridized carbons (Fsp3) is 0.312. The third-order valence-corrected chi connectivity index (χ3v) is 5.61. The van der Waals surface area contributed by atoms with E-state index >= 15 is 0 Å². The van der Waals surface area contributed by atoms with Crippen molar-refractivity contribution in [3.05, 3.63) is 46.8 Å². The van der Waals surface area contributed by atoms with Crippen molar-refractivity contribution in [2.24, 2.45) is 0 Å². The summed E-state index contributed by atoms with van der Waals surface area (Å²) in [6, 6.07) is 9.07. The van der Waals surface area contributed by atoms with Gasteiger partial charge in [-0.3, -0.25) is 4.79 Å². The average Bonchev–Trinajstić information content (AvgIpc) is 3.25. The predicted octanol–water partition coefficient (Wildman–Crippen LogP) is 2.75. The molecule has 0 spiro atoms. The van der Waals surface area contributed by atoms with Crippen LogP contribution < -0.4 is 10.0 Å². The lowest BCUT2D eigenvalue weighted by atomic mass is 10.2. The Kier molecular flexibility index (Phi) is 5.57. The van der Waals surface area contributed by atoms with Crippen LogP contribution in [-0.2, 0) is 14.8 Å². The molecule has 7 nitrogen and oxygen atoms in total. The molecule has 0 saturated carbocycles. The molecule has 1 atom stereocenters. The SMILES string of the molecule is O=C(Nc1ccc(S(=O)(=O)NCC2CCCO2)cc1)c1ccc(Br)o1. The fourth-order valence-corrected chi connectivity index (χ4v) is 3.81. The maximum atomic E-state index is 12.3. The van der Waals surface area contributed by atoms with Gasteiger partial charge in [0.2, 0.25) is 10.0 Å². The van der Waals surface area contributed by atoms with Crippen molar-refractivity contribution >= 4 is 37.5 Å². The van der Waals surface area contributed by atoms with Crippen molar-refractivity contribution in [2.45, 2.75) is 23.8 Å². The number of anilines is 1. The minimum absolute atomic E-state index is 0.0686. The molecule has 134 valence electrons. The molecule has 1 amide bonds. The Morgan fingerprint density at radius 2 is 1.96 bits per heavy atom. The van der Waals surface area contributed by atoms with Crippen LogP contribution in [0.2, 0.25) is 0 Å². The molecule has 1 unspecified atom stereocenters. The van der Waals surface area contributed by atoms with Crippen LogP contribution in [0.15, 0.2) is 50.4 Å². The number of hydrogen-bond donors (Lipinski definition) is 2. The fourth-order valence-electron chi connectivity index (χ4n) is 2.44. The number of amides is 1. The first-order valence-corrected chi connectivity index (χ1v) is 10.00.